The topological polar surface area (TPSA) is 63.0 Å². The molecule has 0 amide bonds. The summed E-state index contributed by atoms with van der Waals surface area (Å²) in [5, 5.41) is 0. The molecule has 0 aliphatic heterocycles. The lowest BCUT2D eigenvalue weighted by atomic mass is 9.64. The van der Waals surface area contributed by atoms with Crippen LogP contribution in [0.3, 0.4) is 0 Å². The highest BCUT2D eigenvalue weighted by atomic mass is 16.0. The number of hydrogen-bond acceptors (Lipinski definition) is 0. The minimum atomic E-state index is 0. The Morgan fingerprint density at radius 3 is 1.63 bits per heavy atom. The fourth-order valence-electron chi connectivity index (χ4n) is 1.82. The molecule has 0 heterocycles. The SMILES string of the molecule is CC(C)(C)c1ccc([B]c2ccccc2)cc1.O.O. The van der Waals surface area contributed by atoms with E-state index in [1.807, 2.05) is 6.07 Å². The highest BCUT2D eigenvalue weighted by Gasteiger charge is 2.12. The lowest BCUT2D eigenvalue weighted by molar-refractivity contribution is 0.590. The molecule has 2 aromatic carbocycles. The van der Waals surface area contributed by atoms with Crippen LogP contribution >= 0.6 is 0 Å². The van der Waals surface area contributed by atoms with E-state index in [-0.39, 0.29) is 16.4 Å². The lowest BCUT2D eigenvalue weighted by Gasteiger charge is -2.19. The Morgan fingerprint density at radius 1 is 0.684 bits per heavy atom. The van der Waals surface area contributed by atoms with Gasteiger partial charge in [0.15, 0.2) is 7.28 Å². The van der Waals surface area contributed by atoms with Crippen molar-refractivity contribution in [2.24, 2.45) is 0 Å². The molecule has 0 aliphatic carbocycles. The average Bonchev–Trinajstić information content (AvgIpc) is 2.30. The first-order valence-electron chi connectivity index (χ1n) is 6.06. The first-order chi connectivity index (χ1) is 8.05. The summed E-state index contributed by atoms with van der Waals surface area (Å²) in [7, 11) is 2.20. The van der Waals surface area contributed by atoms with Gasteiger partial charge in [-0.1, -0.05) is 86.3 Å². The monoisotopic (exact) mass is 257 g/mol. The first-order valence-corrected chi connectivity index (χ1v) is 6.06. The Hall–Kier alpha value is -1.58. The van der Waals surface area contributed by atoms with Gasteiger partial charge in [0, 0.05) is 0 Å². The molecule has 0 spiro atoms. The minimum absolute atomic E-state index is 0. The normalized spacial score (nSPS) is 10.1. The van der Waals surface area contributed by atoms with Crippen LogP contribution in [-0.4, -0.2) is 18.2 Å². The van der Waals surface area contributed by atoms with E-state index in [0.717, 1.165) is 0 Å². The molecule has 2 aromatic rings. The largest absolute Gasteiger partial charge is 0.412 e. The fraction of sp³-hybridized carbons (Fsp3) is 0.250. The lowest BCUT2D eigenvalue weighted by Crippen LogP contribution is -2.27. The number of benzene rings is 2. The van der Waals surface area contributed by atoms with Gasteiger partial charge in [-0.25, -0.2) is 0 Å². The highest BCUT2D eigenvalue weighted by molar-refractivity contribution is 6.67. The molecule has 0 saturated heterocycles. The van der Waals surface area contributed by atoms with Crippen molar-refractivity contribution < 1.29 is 11.0 Å². The summed E-state index contributed by atoms with van der Waals surface area (Å²) in [5.41, 5.74) is 4.11. The molecule has 0 unspecified atom stereocenters. The minimum Gasteiger partial charge on any atom is -0.412 e. The summed E-state index contributed by atoms with van der Waals surface area (Å²) in [4.78, 5) is 0. The van der Waals surface area contributed by atoms with Crippen molar-refractivity contribution in [2.75, 3.05) is 0 Å². The molecule has 19 heavy (non-hydrogen) atoms. The molecule has 0 saturated carbocycles. The second kappa shape index (κ2) is 7.12. The summed E-state index contributed by atoms with van der Waals surface area (Å²) >= 11 is 0. The van der Waals surface area contributed by atoms with E-state index in [0.29, 0.717) is 0 Å². The summed E-state index contributed by atoms with van der Waals surface area (Å²) in [6.07, 6.45) is 0. The van der Waals surface area contributed by atoms with E-state index in [1.165, 1.54) is 16.5 Å². The standard InChI is InChI=1S/C16H18B.2H2O/c1-16(2,3)13-9-11-15(12-10-13)17-14-7-5-4-6-8-14;;/h4-12H,1-3H3;2*1H2. The van der Waals surface area contributed by atoms with Crippen molar-refractivity contribution in [3.05, 3.63) is 60.2 Å². The van der Waals surface area contributed by atoms with Gasteiger partial charge in [0.1, 0.15) is 0 Å². The summed E-state index contributed by atoms with van der Waals surface area (Å²) < 4.78 is 0. The highest BCUT2D eigenvalue weighted by Crippen LogP contribution is 2.20. The third kappa shape index (κ3) is 4.89. The van der Waals surface area contributed by atoms with Crippen molar-refractivity contribution in [3.63, 3.8) is 0 Å². The zero-order valence-corrected chi connectivity index (χ0v) is 11.8. The maximum absolute atomic E-state index is 2.24. The van der Waals surface area contributed by atoms with Crippen LogP contribution in [0.1, 0.15) is 26.3 Å². The average molecular weight is 257 g/mol. The predicted octanol–water partition coefficient (Wildman–Crippen LogP) is 0.990. The molecular weight excluding hydrogens is 235 g/mol. The molecule has 0 bridgehead atoms. The molecule has 0 atom stereocenters. The molecule has 3 heteroatoms. The quantitative estimate of drug-likeness (QED) is 0.720. The molecule has 1 radical (unpaired) electrons. The van der Waals surface area contributed by atoms with Gasteiger partial charge in [-0.15, -0.1) is 0 Å². The fourth-order valence-corrected chi connectivity index (χ4v) is 1.82. The van der Waals surface area contributed by atoms with Crippen LogP contribution in [0.5, 0.6) is 0 Å². The van der Waals surface area contributed by atoms with Crippen LogP contribution in [0.15, 0.2) is 54.6 Å². The molecule has 4 N–H and O–H groups in total. The molecule has 2 nitrogen and oxygen atoms in total. The van der Waals surface area contributed by atoms with E-state index >= 15 is 0 Å². The molecule has 101 valence electrons. The number of hydrogen-bond donors (Lipinski definition) is 0. The van der Waals surface area contributed by atoms with Gasteiger partial charge in [0.05, 0.1) is 0 Å². The van der Waals surface area contributed by atoms with Gasteiger partial charge in [0.25, 0.3) is 0 Å². The first kappa shape index (κ1) is 17.4. The van der Waals surface area contributed by atoms with Gasteiger partial charge in [-0.3, -0.25) is 0 Å². The Kier molecular flexibility index (Phi) is 6.53. The van der Waals surface area contributed by atoms with E-state index in [9.17, 15) is 0 Å². The van der Waals surface area contributed by atoms with Crippen molar-refractivity contribution >= 4 is 18.2 Å². The third-order valence-electron chi connectivity index (χ3n) is 2.91. The van der Waals surface area contributed by atoms with Crippen molar-refractivity contribution in [1.29, 1.82) is 0 Å². The Labute approximate surface area is 116 Å². The second-order valence-electron chi connectivity index (χ2n) is 5.43. The van der Waals surface area contributed by atoms with E-state index < -0.39 is 0 Å². The smallest absolute Gasteiger partial charge is 0.191 e. The van der Waals surface area contributed by atoms with Gasteiger partial charge >= 0.3 is 0 Å². The van der Waals surface area contributed by atoms with Crippen LogP contribution in [0.2, 0.25) is 0 Å². The Bertz CT molecular complexity index is 472. The van der Waals surface area contributed by atoms with Crippen LogP contribution in [0.4, 0.5) is 0 Å². The van der Waals surface area contributed by atoms with Crippen molar-refractivity contribution in [1.82, 2.24) is 0 Å². The summed E-state index contributed by atoms with van der Waals surface area (Å²) in [6, 6.07) is 19.2. The third-order valence-corrected chi connectivity index (χ3v) is 2.91. The van der Waals surface area contributed by atoms with Crippen molar-refractivity contribution in [2.45, 2.75) is 26.2 Å². The van der Waals surface area contributed by atoms with Gasteiger partial charge in [-0.05, 0) is 11.0 Å². The Morgan fingerprint density at radius 2 is 1.16 bits per heavy atom. The second-order valence-corrected chi connectivity index (χ2v) is 5.43. The predicted molar refractivity (Wildman–Crippen MR) is 83.8 cm³/mol. The molecular formula is C16H22BO2. The van der Waals surface area contributed by atoms with Crippen LogP contribution in [-0.2, 0) is 5.41 Å². The van der Waals surface area contributed by atoms with Crippen molar-refractivity contribution in [3.8, 4) is 0 Å². The van der Waals surface area contributed by atoms with Gasteiger partial charge in [0.2, 0.25) is 0 Å². The summed E-state index contributed by atoms with van der Waals surface area (Å²) in [6.45, 7) is 6.72. The zero-order chi connectivity index (χ0) is 12.3. The molecule has 0 aromatic heterocycles. The Balaban J connectivity index is 0.00000162. The molecule has 0 aliphatic rings. The van der Waals surface area contributed by atoms with Crippen LogP contribution in [0.25, 0.3) is 0 Å². The van der Waals surface area contributed by atoms with E-state index in [4.69, 9.17) is 0 Å². The van der Waals surface area contributed by atoms with E-state index in [1.54, 1.807) is 0 Å². The maximum atomic E-state index is 2.24. The number of rotatable bonds is 2. The molecule has 2 rings (SSSR count). The van der Waals surface area contributed by atoms with Gasteiger partial charge in [-0.2, -0.15) is 0 Å². The van der Waals surface area contributed by atoms with Crippen LogP contribution in [0, 0.1) is 0 Å². The van der Waals surface area contributed by atoms with Crippen LogP contribution < -0.4 is 10.9 Å². The van der Waals surface area contributed by atoms with E-state index in [2.05, 4.69) is 76.6 Å². The molecule has 0 fully saturated rings. The zero-order valence-electron chi connectivity index (χ0n) is 11.8. The van der Waals surface area contributed by atoms with Gasteiger partial charge < -0.3 is 11.0 Å². The summed E-state index contributed by atoms with van der Waals surface area (Å²) in [5.74, 6) is 0. The maximum Gasteiger partial charge on any atom is 0.191 e.